The van der Waals surface area contributed by atoms with Crippen LogP contribution in [0, 0.1) is 0 Å². The number of hydrogen-bond acceptors (Lipinski definition) is 4. The standard InChI is InChI=1S/C9H9NO3S2/c11-15(12,8-4-2-1-3-5-8)10-9-13-6-7-14-9/h1-5H,6-7H2/b10-9-. The molecule has 0 amide bonds. The van der Waals surface area contributed by atoms with Crippen molar-refractivity contribution in [2.24, 2.45) is 4.40 Å². The van der Waals surface area contributed by atoms with Gasteiger partial charge in [-0.2, -0.15) is 8.42 Å². The lowest BCUT2D eigenvalue weighted by Gasteiger charge is -1.99. The normalized spacial score (nSPS) is 19.1. The summed E-state index contributed by atoms with van der Waals surface area (Å²) in [5.41, 5.74) is 0. The summed E-state index contributed by atoms with van der Waals surface area (Å²) in [4.78, 5) is 0.189. The van der Waals surface area contributed by atoms with E-state index in [2.05, 4.69) is 4.40 Å². The smallest absolute Gasteiger partial charge is 0.286 e. The van der Waals surface area contributed by atoms with Gasteiger partial charge in [-0.1, -0.05) is 30.0 Å². The maximum absolute atomic E-state index is 11.7. The summed E-state index contributed by atoms with van der Waals surface area (Å²) in [6.45, 7) is 0.522. The highest BCUT2D eigenvalue weighted by Crippen LogP contribution is 2.18. The molecule has 1 aromatic carbocycles. The fraction of sp³-hybridized carbons (Fsp3) is 0.222. The first kappa shape index (κ1) is 10.5. The van der Waals surface area contributed by atoms with Gasteiger partial charge in [0.25, 0.3) is 15.3 Å². The topological polar surface area (TPSA) is 55.7 Å². The summed E-state index contributed by atoms with van der Waals surface area (Å²) in [6, 6.07) is 8.11. The van der Waals surface area contributed by atoms with Crippen LogP contribution in [-0.2, 0) is 14.8 Å². The molecular formula is C9H9NO3S2. The zero-order chi connectivity index (χ0) is 10.7. The molecule has 0 N–H and O–H groups in total. The van der Waals surface area contributed by atoms with Gasteiger partial charge < -0.3 is 4.74 Å². The molecule has 1 saturated heterocycles. The van der Waals surface area contributed by atoms with Crippen LogP contribution in [0.2, 0.25) is 0 Å². The monoisotopic (exact) mass is 243 g/mol. The summed E-state index contributed by atoms with van der Waals surface area (Å²) in [6.07, 6.45) is 0. The number of benzene rings is 1. The van der Waals surface area contributed by atoms with E-state index in [4.69, 9.17) is 4.74 Å². The number of rotatable bonds is 2. The van der Waals surface area contributed by atoms with E-state index in [0.717, 1.165) is 5.75 Å². The van der Waals surface area contributed by atoms with Crippen molar-refractivity contribution in [3.05, 3.63) is 30.3 Å². The Balaban J connectivity index is 2.32. The first-order valence-electron chi connectivity index (χ1n) is 4.34. The average Bonchev–Trinajstić information content (AvgIpc) is 2.71. The molecule has 4 nitrogen and oxygen atoms in total. The zero-order valence-electron chi connectivity index (χ0n) is 7.79. The Hall–Kier alpha value is -1.01. The molecular weight excluding hydrogens is 234 g/mol. The molecule has 0 radical (unpaired) electrons. The molecule has 2 rings (SSSR count). The predicted molar refractivity (Wildman–Crippen MR) is 59.5 cm³/mol. The molecule has 0 aliphatic carbocycles. The van der Waals surface area contributed by atoms with Crippen LogP contribution < -0.4 is 0 Å². The minimum absolute atomic E-state index is 0.189. The Labute approximate surface area is 92.4 Å². The van der Waals surface area contributed by atoms with Crippen molar-refractivity contribution in [2.75, 3.05) is 12.4 Å². The van der Waals surface area contributed by atoms with Crippen molar-refractivity contribution in [3.63, 3.8) is 0 Å². The Kier molecular flexibility index (Phi) is 2.97. The van der Waals surface area contributed by atoms with Gasteiger partial charge >= 0.3 is 0 Å². The molecule has 0 unspecified atom stereocenters. The lowest BCUT2D eigenvalue weighted by Crippen LogP contribution is -2.01. The fourth-order valence-electron chi connectivity index (χ4n) is 1.10. The molecule has 80 valence electrons. The molecule has 0 bridgehead atoms. The van der Waals surface area contributed by atoms with Crippen molar-refractivity contribution in [1.29, 1.82) is 0 Å². The van der Waals surface area contributed by atoms with Crippen LogP contribution >= 0.6 is 11.8 Å². The summed E-state index contributed by atoms with van der Waals surface area (Å²) >= 11 is 1.31. The Bertz CT molecular complexity index is 459. The van der Waals surface area contributed by atoms with Gasteiger partial charge in [-0.15, -0.1) is 4.40 Å². The molecule has 0 atom stereocenters. The lowest BCUT2D eigenvalue weighted by atomic mass is 10.4. The molecule has 1 fully saturated rings. The fourth-order valence-corrected chi connectivity index (χ4v) is 2.96. The first-order chi connectivity index (χ1) is 7.18. The van der Waals surface area contributed by atoms with Crippen molar-refractivity contribution < 1.29 is 13.2 Å². The number of ether oxygens (including phenoxy) is 1. The second-order valence-corrected chi connectivity index (χ2v) is 5.49. The molecule has 1 aliphatic heterocycles. The molecule has 6 heteroatoms. The van der Waals surface area contributed by atoms with Gasteiger partial charge in [0.05, 0.1) is 4.90 Å². The highest BCUT2D eigenvalue weighted by molar-refractivity contribution is 8.14. The van der Waals surface area contributed by atoms with E-state index in [9.17, 15) is 8.42 Å². The van der Waals surface area contributed by atoms with E-state index in [1.165, 1.54) is 23.9 Å². The summed E-state index contributed by atoms with van der Waals surface area (Å²) < 4.78 is 32.1. The summed E-state index contributed by atoms with van der Waals surface area (Å²) in [5, 5.41) is 0.235. The number of hydrogen-bond donors (Lipinski definition) is 0. The van der Waals surface area contributed by atoms with Crippen LogP contribution in [0.15, 0.2) is 39.6 Å². The van der Waals surface area contributed by atoms with Gasteiger partial charge in [0.2, 0.25) is 0 Å². The molecule has 0 saturated carbocycles. The first-order valence-corrected chi connectivity index (χ1v) is 6.77. The van der Waals surface area contributed by atoms with Crippen LogP contribution in [0.25, 0.3) is 0 Å². The third kappa shape index (κ3) is 2.51. The number of sulfonamides is 1. The van der Waals surface area contributed by atoms with Gasteiger partial charge in [0.15, 0.2) is 0 Å². The SMILES string of the molecule is O=S(=O)(/N=C1/OCCS1)c1ccccc1. The highest BCUT2D eigenvalue weighted by Gasteiger charge is 2.17. The quantitative estimate of drug-likeness (QED) is 0.789. The van der Waals surface area contributed by atoms with Gasteiger partial charge in [-0.25, -0.2) is 0 Å². The van der Waals surface area contributed by atoms with Crippen LogP contribution in [-0.4, -0.2) is 26.0 Å². The van der Waals surface area contributed by atoms with E-state index >= 15 is 0 Å². The van der Waals surface area contributed by atoms with Crippen molar-refractivity contribution in [1.82, 2.24) is 0 Å². The van der Waals surface area contributed by atoms with Gasteiger partial charge in [-0.05, 0) is 12.1 Å². The minimum atomic E-state index is -3.60. The second-order valence-electron chi connectivity index (χ2n) is 2.84. The number of nitrogens with zero attached hydrogens (tertiary/aromatic N) is 1. The van der Waals surface area contributed by atoms with E-state index in [1.54, 1.807) is 18.2 Å². The van der Waals surface area contributed by atoms with E-state index in [0.29, 0.717) is 6.61 Å². The molecule has 1 heterocycles. The Morgan fingerprint density at radius 2 is 2.00 bits per heavy atom. The zero-order valence-corrected chi connectivity index (χ0v) is 9.42. The molecule has 1 aliphatic rings. The van der Waals surface area contributed by atoms with Crippen LogP contribution in [0.5, 0.6) is 0 Å². The van der Waals surface area contributed by atoms with E-state index in [1.807, 2.05) is 0 Å². The van der Waals surface area contributed by atoms with E-state index in [-0.39, 0.29) is 10.1 Å². The highest BCUT2D eigenvalue weighted by atomic mass is 32.2. The lowest BCUT2D eigenvalue weighted by molar-refractivity contribution is 0.353. The maximum atomic E-state index is 11.7. The Morgan fingerprint density at radius 1 is 1.27 bits per heavy atom. The van der Waals surface area contributed by atoms with Crippen molar-refractivity contribution >= 4 is 27.0 Å². The van der Waals surface area contributed by atoms with E-state index < -0.39 is 10.0 Å². The molecule has 1 aromatic rings. The van der Waals surface area contributed by atoms with Gasteiger partial charge in [-0.3, -0.25) is 0 Å². The van der Waals surface area contributed by atoms with Crippen molar-refractivity contribution in [2.45, 2.75) is 4.90 Å². The van der Waals surface area contributed by atoms with Crippen LogP contribution in [0.3, 0.4) is 0 Å². The van der Waals surface area contributed by atoms with Crippen LogP contribution in [0.1, 0.15) is 0 Å². The molecule has 15 heavy (non-hydrogen) atoms. The van der Waals surface area contributed by atoms with Crippen molar-refractivity contribution in [3.8, 4) is 0 Å². The third-order valence-corrected chi connectivity index (χ3v) is 3.99. The predicted octanol–water partition coefficient (Wildman–Crippen LogP) is 1.49. The average molecular weight is 243 g/mol. The summed E-state index contributed by atoms with van der Waals surface area (Å²) in [5.74, 6) is 0.753. The molecule has 0 spiro atoms. The third-order valence-electron chi connectivity index (χ3n) is 1.77. The van der Waals surface area contributed by atoms with Gasteiger partial charge in [0.1, 0.15) is 6.61 Å². The Morgan fingerprint density at radius 3 is 2.60 bits per heavy atom. The number of thioether (sulfide) groups is 1. The second kappa shape index (κ2) is 4.24. The van der Waals surface area contributed by atoms with Gasteiger partial charge in [0, 0.05) is 5.75 Å². The largest absolute Gasteiger partial charge is 0.471 e. The summed E-state index contributed by atoms with van der Waals surface area (Å²) in [7, 11) is -3.60. The maximum Gasteiger partial charge on any atom is 0.286 e. The molecule has 0 aromatic heterocycles. The van der Waals surface area contributed by atoms with Crippen LogP contribution in [0.4, 0.5) is 0 Å². The minimum Gasteiger partial charge on any atom is -0.471 e.